The Bertz CT molecular complexity index is 648. The van der Waals surface area contributed by atoms with Gasteiger partial charge in [0.15, 0.2) is 0 Å². The number of pyridine rings is 1. The van der Waals surface area contributed by atoms with E-state index in [9.17, 15) is 4.79 Å². The summed E-state index contributed by atoms with van der Waals surface area (Å²) < 4.78 is 5.86. The molecule has 0 spiro atoms. The van der Waals surface area contributed by atoms with Crippen molar-refractivity contribution in [3.8, 4) is 0 Å². The summed E-state index contributed by atoms with van der Waals surface area (Å²) in [5, 5.41) is 3.13. The number of ether oxygens (including phenoxy) is 1. The molecule has 24 heavy (non-hydrogen) atoms. The van der Waals surface area contributed by atoms with Gasteiger partial charge in [0.2, 0.25) is 0 Å². The monoisotopic (exact) mass is 325 g/mol. The highest BCUT2D eigenvalue weighted by molar-refractivity contribution is 5.74. The van der Waals surface area contributed by atoms with Crippen LogP contribution in [0, 0.1) is 0 Å². The Labute approximate surface area is 142 Å². The predicted octanol–water partition coefficient (Wildman–Crippen LogP) is 3.14. The van der Waals surface area contributed by atoms with Crippen molar-refractivity contribution in [3.05, 3.63) is 66.0 Å². The van der Waals surface area contributed by atoms with Crippen LogP contribution in [-0.2, 0) is 11.3 Å². The lowest BCUT2D eigenvalue weighted by molar-refractivity contribution is 0.00158. The van der Waals surface area contributed by atoms with Crippen molar-refractivity contribution in [2.24, 2.45) is 0 Å². The van der Waals surface area contributed by atoms with Crippen LogP contribution in [0.4, 0.5) is 4.79 Å². The highest BCUT2D eigenvalue weighted by Gasteiger charge is 2.25. The lowest BCUT2D eigenvalue weighted by atomic mass is 9.97. The molecule has 2 amide bonds. The number of carbonyl (C=O) groups is 1. The quantitative estimate of drug-likeness (QED) is 0.939. The average molecular weight is 325 g/mol. The lowest BCUT2D eigenvalue weighted by Crippen LogP contribution is -2.45. The Morgan fingerprint density at radius 2 is 2.12 bits per heavy atom. The van der Waals surface area contributed by atoms with Crippen LogP contribution in [0.25, 0.3) is 0 Å². The highest BCUT2D eigenvalue weighted by atomic mass is 16.5. The summed E-state index contributed by atoms with van der Waals surface area (Å²) in [4.78, 5) is 18.2. The zero-order valence-electron chi connectivity index (χ0n) is 13.9. The molecule has 1 aromatic carbocycles. The number of rotatable bonds is 4. The van der Waals surface area contributed by atoms with E-state index in [4.69, 9.17) is 4.74 Å². The van der Waals surface area contributed by atoms with Crippen molar-refractivity contribution >= 4 is 6.03 Å². The van der Waals surface area contributed by atoms with E-state index in [1.54, 1.807) is 24.3 Å². The normalized spacial score (nSPS) is 20.4. The van der Waals surface area contributed by atoms with Crippen LogP contribution >= 0.6 is 0 Å². The summed E-state index contributed by atoms with van der Waals surface area (Å²) >= 11 is 0. The van der Waals surface area contributed by atoms with E-state index in [0.29, 0.717) is 13.2 Å². The van der Waals surface area contributed by atoms with Crippen LogP contribution in [0.2, 0.25) is 0 Å². The van der Waals surface area contributed by atoms with Gasteiger partial charge in [-0.2, -0.15) is 0 Å². The van der Waals surface area contributed by atoms with Crippen LogP contribution in [0.1, 0.15) is 30.1 Å². The molecule has 2 atom stereocenters. The fraction of sp³-hybridized carbons (Fsp3) is 0.368. The first-order valence-electron chi connectivity index (χ1n) is 8.29. The molecule has 126 valence electrons. The van der Waals surface area contributed by atoms with Crippen molar-refractivity contribution < 1.29 is 9.53 Å². The van der Waals surface area contributed by atoms with Crippen LogP contribution in [0.3, 0.4) is 0 Å². The van der Waals surface area contributed by atoms with Gasteiger partial charge < -0.3 is 15.0 Å². The van der Waals surface area contributed by atoms with Crippen molar-refractivity contribution in [2.45, 2.75) is 31.5 Å². The molecule has 0 saturated carbocycles. The fourth-order valence-electron chi connectivity index (χ4n) is 2.95. The number of carbonyl (C=O) groups excluding carboxylic acids is 1. The summed E-state index contributed by atoms with van der Waals surface area (Å²) in [6, 6.07) is 14.1. The SMILES string of the molecule is CN(Cc1cccnc1)C(=O)N[C@@H]1CCO[C@@H](c2ccccc2)C1. The molecule has 1 N–H and O–H groups in total. The molecule has 0 unspecified atom stereocenters. The van der Waals surface area contributed by atoms with Crippen LogP contribution in [0.15, 0.2) is 54.9 Å². The van der Waals surface area contributed by atoms with Gasteiger partial charge in [0.05, 0.1) is 6.10 Å². The molecule has 3 rings (SSSR count). The Morgan fingerprint density at radius 3 is 2.88 bits per heavy atom. The molecule has 2 heterocycles. The number of urea groups is 1. The minimum absolute atomic E-state index is 0.0499. The van der Waals surface area contributed by atoms with E-state index in [0.717, 1.165) is 18.4 Å². The summed E-state index contributed by atoms with van der Waals surface area (Å²) in [6.45, 7) is 1.21. The van der Waals surface area contributed by atoms with Gasteiger partial charge in [0, 0.05) is 38.6 Å². The highest BCUT2D eigenvalue weighted by Crippen LogP contribution is 2.27. The Kier molecular flexibility index (Phi) is 5.43. The lowest BCUT2D eigenvalue weighted by Gasteiger charge is -2.31. The number of hydrogen-bond donors (Lipinski definition) is 1. The van der Waals surface area contributed by atoms with Crippen molar-refractivity contribution in [3.63, 3.8) is 0 Å². The number of amides is 2. The van der Waals surface area contributed by atoms with Gasteiger partial charge in [-0.05, 0) is 30.0 Å². The standard InChI is InChI=1S/C19H23N3O2/c1-22(14-15-6-5-10-20-13-15)19(23)21-17-9-11-24-18(12-17)16-7-3-2-4-8-16/h2-8,10,13,17-18H,9,11-12,14H2,1H3,(H,21,23)/t17-,18-/m1/s1. The van der Waals surface area contributed by atoms with Crippen molar-refractivity contribution in [2.75, 3.05) is 13.7 Å². The van der Waals surface area contributed by atoms with E-state index in [-0.39, 0.29) is 18.2 Å². The molecule has 1 saturated heterocycles. The molecule has 1 aliphatic rings. The Balaban J connectivity index is 1.54. The smallest absolute Gasteiger partial charge is 0.317 e. The van der Waals surface area contributed by atoms with Gasteiger partial charge in [-0.25, -0.2) is 4.79 Å². The third-order valence-corrected chi connectivity index (χ3v) is 4.27. The number of hydrogen-bond acceptors (Lipinski definition) is 3. The van der Waals surface area contributed by atoms with Crippen molar-refractivity contribution in [1.29, 1.82) is 0 Å². The van der Waals surface area contributed by atoms with Crippen molar-refractivity contribution in [1.82, 2.24) is 15.2 Å². The first-order chi connectivity index (χ1) is 11.7. The van der Waals surface area contributed by atoms with Gasteiger partial charge in [-0.3, -0.25) is 4.98 Å². The second-order valence-electron chi connectivity index (χ2n) is 6.16. The maximum absolute atomic E-state index is 12.4. The van der Waals surface area contributed by atoms with E-state index in [2.05, 4.69) is 22.4 Å². The number of benzene rings is 1. The summed E-state index contributed by atoms with van der Waals surface area (Å²) in [7, 11) is 1.80. The summed E-state index contributed by atoms with van der Waals surface area (Å²) in [6.07, 6.45) is 5.21. The van der Waals surface area contributed by atoms with Gasteiger partial charge in [-0.1, -0.05) is 36.4 Å². The van der Waals surface area contributed by atoms with E-state index >= 15 is 0 Å². The largest absolute Gasteiger partial charge is 0.373 e. The Hall–Kier alpha value is -2.40. The topological polar surface area (TPSA) is 54.5 Å². The average Bonchev–Trinajstić information content (AvgIpc) is 2.63. The van der Waals surface area contributed by atoms with E-state index in [1.807, 2.05) is 30.3 Å². The zero-order chi connectivity index (χ0) is 16.8. The maximum Gasteiger partial charge on any atom is 0.317 e. The maximum atomic E-state index is 12.4. The number of aromatic nitrogens is 1. The number of nitrogens with one attached hydrogen (secondary N) is 1. The van der Waals surface area contributed by atoms with Gasteiger partial charge in [-0.15, -0.1) is 0 Å². The van der Waals surface area contributed by atoms with Crippen LogP contribution < -0.4 is 5.32 Å². The molecule has 0 radical (unpaired) electrons. The molecule has 1 aromatic heterocycles. The fourth-order valence-corrected chi connectivity index (χ4v) is 2.95. The van der Waals surface area contributed by atoms with E-state index < -0.39 is 0 Å². The molecule has 0 bridgehead atoms. The minimum Gasteiger partial charge on any atom is -0.373 e. The zero-order valence-corrected chi connectivity index (χ0v) is 13.9. The Morgan fingerprint density at radius 1 is 1.29 bits per heavy atom. The minimum atomic E-state index is -0.0578. The number of nitrogens with zero attached hydrogens (tertiary/aromatic N) is 2. The van der Waals surface area contributed by atoms with Crippen LogP contribution in [0.5, 0.6) is 0 Å². The molecular weight excluding hydrogens is 302 g/mol. The van der Waals surface area contributed by atoms with Gasteiger partial charge in [0.1, 0.15) is 0 Å². The van der Waals surface area contributed by atoms with Crippen LogP contribution in [-0.4, -0.2) is 35.6 Å². The summed E-state index contributed by atoms with van der Waals surface area (Å²) in [5.74, 6) is 0. The molecule has 0 aliphatic carbocycles. The molecule has 2 aromatic rings. The molecule has 5 heteroatoms. The predicted molar refractivity (Wildman–Crippen MR) is 92.4 cm³/mol. The van der Waals surface area contributed by atoms with Gasteiger partial charge >= 0.3 is 6.03 Å². The molecule has 5 nitrogen and oxygen atoms in total. The second-order valence-corrected chi connectivity index (χ2v) is 6.16. The molecule has 1 fully saturated rings. The molecular formula is C19H23N3O2. The van der Waals surface area contributed by atoms with E-state index in [1.165, 1.54) is 5.56 Å². The first kappa shape index (κ1) is 16.5. The third-order valence-electron chi connectivity index (χ3n) is 4.27. The third kappa shape index (κ3) is 4.32. The van der Waals surface area contributed by atoms with Gasteiger partial charge in [0.25, 0.3) is 0 Å². The summed E-state index contributed by atoms with van der Waals surface area (Å²) in [5.41, 5.74) is 2.18. The first-order valence-corrected chi connectivity index (χ1v) is 8.29. The molecule has 1 aliphatic heterocycles. The second kappa shape index (κ2) is 7.93.